The molecule has 188 valence electrons. The number of esters is 1. The lowest BCUT2D eigenvalue weighted by Crippen LogP contribution is -2.42. The van der Waals surface area contributed by atoms with Gasteiger partial charge in [0.1, 0.15) is 11.6 Å². The maximum absolute atomic E-state index is 13.6. The second-order valence-corrected chi connectivity index (χ2v) is 9.39. The molecule has 0 aliphatic carbocycles. The zero-order valence-electron chi connectivity index (χ0n) is 21.1. The molecule has 1 aromatic heterocycles. The smallest absolute Gasteiger partial charge is 0.355 e. The Hall–Kier alpha value is -4.34. The molecule has 1 amide bonds. The number of hydrogen-bond donors (Lipinski definition) is 3. The molecule has 0 radical (unpaired) electrons. The molecule has 0 aliphatic heterocycles. The summed E-state index contributed by atoms with van der Waals surface area (Å²) in [6, 6.07) is 12.1. The van der Waals surface area contributed by atoms with Crippen molar-refractivity contribution in [3.63, 3.8) is 0 Å². The molecule has 0 bridgehead atoms. The molecule has 10 heteroatoms. The zero-order valence-corrected chi connectivity index (χ0v) is 21.1. The number of H-pyrrole nitrogens is 1. The molecule has 0 saturated carbocycles. The predicted molar refractivity (Wildman–Crippen MR) is 137 cm³/mol. The number of aromatic nitrogens is 2. The number of methoxy groups -OCH3 is 1. The van der Waals surface area contributed by atoms with Gasteiger partial charge in [0.15, 0.2) is 5.71 Å². The van der Waals surface area contributed by atoms with Gasteiger partial charge in [0.25, 0.3) is 11.5 Å². The highest BCUT2D eigenvalue weighted by atomic mass is 16.5. The van der Waals surface area contributed by atoms with Gasteiger partial charge in [0.05, 0.1) is 18.1 Å². The average Bonchev–Trinajstić information content (AvgIpc) is 2.82. The number of anilines is 1. The van der Waals surface area contributed by atoms with E-state index in [2.05, 4.69) is 25.8 Å². The summed E-state index contributed by atoms with van der Waals surface area (Å²) in [4.78, 5) is 59.6. The van der Waals surface area contributed by atoms with Gasteiger partial charge in [-0.1, -0.05) is 24.3 Å². The Morgan fingerprint density at radius 2 is 1.78 bits per heavy atom. The van der Waals surface area contributed by atoms with Crippen LogP contribution >= 0.6 is 0 Å². The van der Waals surface area contributed by atoms with Crippen LogP contribution in [0.5, 0.6) is 0 Å². The lowest BCUT2D eigenvalue weighted by Gasteiger charge is -2.21. The fourth-order valence-corrected chi connectivity index (χ4v) is 3.36. The van der Waals surface area contributed by atoms with Crippen LogP contribution in [0, 0.1) is 13.8 Å². The largest absolute Gasteiger partial charge is 0.464 e. The summed E-state index contributed by atoms with van der Waals surface area (Å²) >= 11 is 0. The Kier molecular flexibility index (Phi) is 7.67. The van der Waals surface area contributed by atoms with Crippen molar-refractivity contribution in [2.24, 2.45) is 5.10 Å². The molecule has 0 aliphatic rings. The molecule has 1 atom stereocenters. The Morgan fingerprint density at radius 3 is 2.44 bits per heavy atom. The first-order valence-electron chi connectivity index (χ1n) is 11.3. The molecule has 10 nitrogen and oxygen atoms in total. The van der Waals surface area contributed by atoms with Gasteiger partial charge in [-0.15, -0.1) is 0 Å². The number of fused-ring (bicyclic) bond motifs is 1. The minimum Gasteiger partial charge on any atom is -0.464 e. The van der Waals surface area contributed by atoms with Gasteiger partial charge in [-0.3, -0.25) is 14.4 Å². The number of hydrogen-bond acceptors (Lipinski definition) is 8. The van der Waals surface area contributed by atoms with E-state index in [1.165, 1.54) is 0 Å². The number of nitrogens with one attached hydrogen (secondary N) is 3. The summed E-state index contributed by atoms with van der Waals surface area (Å²) in [6.45, 7) is 8.99. The van der Waals surface area contributed by atoms with Crippen molar-refractivity contribution >= 4 is 40.1 Å². The Labute approximate surface area is 208 Å². The van der Waals surface area contributed by atoms with Crippen LogP contribution in [0.25, 0.3) is 11.0 Å². The number of ether oxygens (including phenoxy) is 1. The van der Waals surface area contributed by atoms with Crippen molar-refractivity contribution in [2.75, 3.05) is 12.4 Å². The van der Waals surface area contributed by atoms with Crippen LogP contribution in [-0.4, -0.2) is 46.0 Å². The summed E-state index contributed by atoms with van der Waals surface area (Å²) in [6.07, 6.45) is 0. The van der Waals surface area contributed by atoms with Gasteiger partial charge in [0.2, 0.25) is 5.78 Å². The number of benzene rings is 2. The summed E-state index contributed by atoms with van der Waals surface area (Å²) in [7, 11) is 1.12. The molecule has 3 rings (SSSR count). The van der Waals surface area contributed by atoms with Crippen molar-refractivity contribution in [3.8, 4) is 0 Å². The van der Waals surface area contributed by atoms with E-state index in [-0.39, 0.29) is 5.69 Å². The quantitative estimate of drug-likeness (QED) is 0.200. The van der Waals surface area contributed by atoms with Crippen molar-refractivity contribution in [1.82, 2.24) is 15.4 Å². The maximum Gasteiger partial charge on any atom is 0.355 e. The number of para-hydroxylation sites is 2. The van der Waals surface area contributed by atoms with Crippen LogP contribution in [-0.2, 0) is 19.1 Å². The average molecular weight is 492 g/mol. The molecule has 3 aromatic rings. The molecular formula is C26H29N5O5. The number of amides is 1. The van der Waals surface area contributed by atoms with Crippen molar-refractivity contribution in [1.29, 1.82) is 0 Å². The van der Waals surface area contributed by atoms with E-state index < -0.39 is 40.4 Å². The van der Waals surface area contributed by atoms with E-state index in [1.54, 1.807) is 64.1 Å². The Bertz CT molecular complexity index is 1420. The SMILES string of the molecule is COC(=O)/C(=N/NC(C)(C)C)[C@@H](C(=O)C(=O)Nc1cc(C)ccc1C)c1nc2ccccc2[nH]c1=O. The molecule has 0 unspecified atom stereocenters. The normalized spacial score (nSPS) is 12.7. The number of carbonyl (C=O) groups excluding carboxylic acids is 3. The Balaban J connectivity index is 2.18. The number of carbonyl (C=O) groups is 3. The predicted octanol–water partition coefficient (Wildman–Crippen LogP) is 2.75. The van der Waals surface area contributed by atoms with Crippen LogP contribution in [0.1, 0.15) is 43.5 Å². The van der Waals surface area contributed by atoms with Crippen molar-refractivity contribution < 1.29 is 19.1 Å². The van der Waals surface area contributed by atoms with E-state index in [0.29, 0.717) is 16.7 Å². The van der Waals surface area contributed by atoms with Gasteiger partial charge in [0, 0.05) is 11.2 Å². The first-order valence-corrected chi connectivity index (χ1v) is 11.3. The van der Waals surface area contributed by atoms with Crippen molar-refractivity contribution in [2.45, 2.75) is 46.1 Å². The third-order valence-corrected chi connectivity index (χ3v) is 5.21. The lowest BCUT2D eigenvalue weighted by molar-refractivity contribution is -0.136. The fourth-order valence-electron chi connectivity index (χ4n) is 3.36. The Morgan fingerprint density at radius 1 is 1.08 bits per heavy atom. The number of nitrogens with zero attached hydrogens (tertiary/aromatic N) is 2. The highest BCUT2D eigenvalue weighted by Crippen LogP contribution is 2.21. The fraction of sp³-hybridized carbons (Fsp3) is 0.308. The first-order chi connectivity index (χ1) is 16.9. The summed E-state index contributed by atoms with van der Waals surface area (Å²) in [5.74, 6) is -4.84. The first kappa shape index (κ1) is 26.3. The molecule has 2 aromatic carbocycles. The summed E-state index contributed by atoms with van der Waals surface area (Å²) < 4.78 is 4.86. The second-order valence-electron chi connectivity index (χ2n) is 9.39. The molecule has 0 saturated heterocycles. The van der Waals surface area contributed by atoms with E-state index in [4.69, 9.17) is 4.74 Å². The third kappa shape index (κ3) is 6.01. The zero-order chi connectivity index (χ0) is 26.6. The number of ketones is 1. The molecule has 0 fully saturated rings. The van der Waals surface area contributed by atoms with E-state index >= 15 is 0 Å². The lowest BCUT2D eigenvalue weighted by atomic mass is 9.93. The van der Waals surface area contributed by atoms with Gasteiger partial charge < -0.3 is 20.5 Å². The maximum atomic E-state index is 13.6. The van der Waals surface area contributed by atoms with E-state index in [0.717, 1.165) is 18.2 Å². The number of rotatable bonds is 7. The van der Waals surface area contributed by atoms with E-state index in [9.17, 15) is 19.2 Å². The van der Waals surface area contributed by atoms with Crippen LogP contribution in [0.2, 0.25) is 0 Å². The van der Waals surface area contributed by atoms with Crippen LogP contribution in [0.3, 0.4) is 0 Å². The van der Waals surface area contributed by atoms with Crippen LogP contribution in [0.15, 0.2) is 52.4 Å². The van der Waals surface area contributed by atoms with Gasteiger partial charge >= 0.3 is 5.97 Å². The molecule has 1 heterocycles. The highest BCUT2D eigenvalue weighted by molar-refractivity contribution is 6.53. The number of aryl methyl sites for hydroxylation is 2. The molecule has 36 heavy (non-hydrogen) atoms. The molecule has 0 spiro atoms. The minimum absolute atomic E-state index is 0.352. The van der Waals surface area contributed by atoms with Crippen molar-refractivity contribution in [3.05, 3.63) is 69.6 Å². The number of hydrazone groups is 1. The van der Waals surface area contributed by atoms with Gasteiger partial charge in [-0.05, 0) is 63.9 Å². The van der Waals surface area contributed by atoms with Gasteiger partial charge in [-0.2, -0.15) is 5.10 Å². The molecule has 3 N–H and O–H groups in total. The molecular weight excluding hydrogens is 462 g/mol. The summed E-state index contributed by atoms with van der Waals surface area (Å²) in [5.41, 5.74) is 3.44. The standard InChI is InChI=1S/C26H29N5O5/c1-14-11-12-15(2)18(13-14)29-24(34)22(32)19(21(25(35)36-6)30-31-26(3,4)5)20-23(33)28-17-10-8-7-9-16(17)27-20/h7-13,19,31H,1-6H3,(H,28,33)(H,29,34)/b30-21+/t19-/m0/s1. The topological polar surface area (TPSA) is 143 Å². The highest BCUT2D eigenvalue weighted by Gasteiger charge is 2.39. The number of aromatic amines is 1. The third-order valence-electron chi connectivity index (χ3n) is 5.21. The second kappa shape index (κ2) is 10.5. The van der Waals surface area contributed by atoms with E-state index in [1.807, 2.05) is 13.0 Å². The van der Waals surface area contributed by atoms with Crippen LogP contribution < -0.4 is 16.3 Å². The van der Waals surface area contributed by atoms with Gasteiger partial charge in [-0.25, -0.2) is 9.78 Å². The monoisotopic (exact) mass is 491 g/mol. The van der Waals surface area contributed by atoms with Crippen LogP contribution in [0.4, 0.5) is 5.69 Å². The minimum atomic E-state index is -1.73. The number of Topliss-reactive ketones (excluding diaryl/α,β-unsaturated/α-hetero) is 1. The summed E-state index contributed by atoms with van der Waals surface area (Å²) in [5, 5.41) is 6.69.